The SMILES string of the molecule is CC(C)c1cc(Br)ccc1OCC(=O)NNC(=O)COc1ccc(C(C)(C)C)cc1Br. The number of halogens is 2. The van der Waals surface area contributed by atoms with Gasteiger partial charge in [-0.1, -0.05) is 56.6 Å². The minimum absolute atomic E-state index is 0.0109. The Kier molecular flexibility index (Phi) is 8.94. The topological polar surface area (TPSA) is 76.7 Å². The Morgan fingerprint density at radius 1 is 0.903 bits per heavy atom. The van der Waals surface area contributed by atoms with Gasteiger partial charge in [-0.15, -0.1) is 0 Å². The highest BCUT2D eigenvalue weighted by Gasteiger charge is 2.16. The Hall–Kier alpha value is -2.06. The van der Waals surface area contributed by atoms with E-state index in [1.807, 2.05) is 50.2 Å². The van der Waals surface area contributed by atoms with Crippen LogP contribution >= 0.6 is 31.9 Å². The number of carbonyl (C=O) groups is 2. The third-order valence-corrected chi connectivity index (χ3v) is 5.56. The maximum absolute atomic E-state index is 12.0. The Labute approximate surface area is 200 Å². The summed E-state index contributed by atoms with van der Waals surface area (Å²) in [5.74, 6) is 0.471. The second-order valence-corrected chi connectivity index (χ2v) is 10.2. The first-order valence-electron chi connectivity index (χ1n) is 9.90. The average molecular weight is 556 g/mol. The molecule has 0 spiro atoms. The van der Waals surface area contributed by atoms with Crippen LogP contribution in [0.2, 0.25) is 0 Å². The summed E-state index contributed by atoms with van der Waals surface area (Å²) in [6, 6.07) is 11.4. The second-order valence-electron chi connectivity index (χ2n) is 8.41. The zero-order valence-electron chi connectivity index (χ0n) is 18.3. The molecule has 2 amide bonds. The molecule has 0 aromatic heterocycles. The highest BCUT2D eigenvalue weighted by Crippen LogP contribution is 2.31. The van der Waals surface area contributed by atoms with Crippen LogP contribution in [0.25, 0.3) is 0 Å². The van der Waals surface area contributed by atoms with Crippen molar-refractivity contribution in [2.24, 2.45) is 0 Å². The smallest absolute Gasteiger partial charge is 0.276 e. The van der Waals surface area contributed by atoms with Gasteiger partial charge in [0.05, 0.1) is 4.47 Å². The van der Waals surface area contributed by atoms with Gasteiger partial charge >= 0.3 is 0 Å². The number of hydrazine groups is 1. The first kappa shape index (κ1) is 25.2. The van der Waals surface area contributed by atoms with E-state index in [0.29, 0.717) is 11.5 Å². The predicted molar refractivity (Wildman–Crippen MR) is 128 cm³/mol. The molecule has 2 aromatic rings. The van der Waals surface area contributed by atoms with Crippen molar-refractivity contribution < 1.29 is 19.1 Å². The van der Waals surface area contributed by atoms with Gasteiger partial charge in [0.1, 0.15) is 11.5 Å². The summed E-state index contributed by atoms with van der Waals surface area (Å²) >= 11 is 6.91. The number of ether oxygens (including phenoxy) is 2. The number of benzene rings is 2. The minimum Gasteiger partial charge on any atom is -0.483 e. The molecule has 0 aliphatic heterocycles. The van der Waals surface area contributed by atoms with Gasteiger partial charge in [-0.2, -0.15) is 0 Å². The molecule has 0 atom stereocenters. The number of carbonyl (C=O) groups excluding carboxylic acids is 2. The van der Waals surface area contributed by atoms with Gasteiger partial charge in [-0.25, -0.2) is 0 Å². The van der Waals surface area contributed by atoms with Crippen molar-refractivity contribution in [3.05, 3.63) is 56.5 Å². The number of amides is 2. The van der Waals surface area contributed by atoms with Crippen LogP contribution in [0.4, 0.5) is 0 Å². The van der Waals surface area contributed by atoms with Crippen molar-refractivity contribution in [2.45, 2.75) is 46.0 Å². The lowest BCUT2D eigenvalue weighted by molar-refractivity contribution is -0.131. The molecule has 0 aliphatic rings. The van der Waals surface area contributed by atoms with Gasteiger partial charge in [0.15, 0.2) is 13.2 Å². The molecule has 31 heavy (non-hydrogen) atoms. The molecule has 0 saturated carbocycles. The molecular formula is C23H28Br2N2O4. The third kappa shape index (κ3) is 7.85. The molecule has 0 heterocycles. The van der Waals surface area contributed by atoms with Crippen molar-refractivity contribution in [1.29, 1.82) is 0 Å². The molecule has 0 aliphatic carbocycles. The second kappa shape index (κ2) is 11.0. The number of hydrogen-bond donors (Lipinski definition) is 2. The zero-order chi connectivity index (χ0) is 23.2. The monoisotopic (exact) mass is 554 g/mol. The van der Waals surface area contributed by atoms with Gasteiger partial charge in [-0.05, 0) is 68.7 Å². The molecule has 2 N–H and O–H groups in total. The van der Waals surface area contributed by atoms with Crippen LogP contribution in [-0.2, 0) is 15.0 Å². The Balaban J connectivity index is 1.80. The maximum atomic E-state index is 12.0. The Morgan fingerprint density at radius 2 is 1.45 bits per heavy atom. The van der Waals surface area contributed by atoms with Crippen molar-refractivity contribution in [2.75, 3.05) is 13.2 Å². The van der Waals surface area contributed by atoms with Crippen molar-refractivity contribution >= 4 is 43.7 Å². The third-order valence-electron chi connectivity index (χ3n) is 4.45. The lowest BCUT2D eigenvalue weighted by Gasteiger charge is -2.20. The number of hydrogen-bond acceptors (Lipinski definition) is 4. The lowest BCUT2D eigenvalue weighted by Crippen LogP contribution is -2.45. The summed E-state index contributed by atoms with van der Waals surface area (Å²) in [6.45, 7) is 10.00. The molecule has 8 heteroatoms. The van der Waals surface area contributed by atoms with E-state index in [0.717, 1.165) is 20.1 Å². The minimum atomic E-state index is -0.480. The van der Waals surface area contributed by atoms with Gasteiger partial charge in [0.2, 0.25) is 0 Å². The van der Waals surface area contributed by atoms with Crippen LogP contribution < -0.4 is 20.3 Å². The molecule has 0 bridgehead atoms. The summed E-state index contributed by atoms with van der Waals surface area (Å²) < 4.78 is 12.9. The molecule has 0 fully saturated rings. The van der Waals surface area contributed by atoms with Crippen molar-refractivity contribution in [3.63, 3.8) is 0 Å². The summed E-state index contributed by atoms with van der Waals surface area (Å²) in [6.07, 6.45) is 0. The standard InChI is InChI=1S/C23H28Br2N2O4/c1-14(2)17-11-16(24)7-9-19(17)30-12-21(28)26-27-22(29)13-31-20-8-6-15(10-18(20)25)23(3,4)5/h6-11,14H,12-13H2,1-5H3,(H,26,28)(H,27,29). The Morgan fingerprint density at radius 3 is 1.97 bits per heavy atom. The maximum Gasteiger partial charge on any atom is 0.276 e. The normalized spacial score (nSPS) is 11.2. The molecular weight excluding hydrogens is 528 g/mol. The summed E-state index contributed by atoms with van der Waals surface area (Å²) in [7, 11) is 0. The van der Waals surface area contributed by atoms with E-state index in [4.69, 9.17) is 9.47 Å². The van der Waals surface area contributed by atoms with Crippen LogP contribution in [0.3, 0.4) is 0 Å². The van der Waals surface area contributed by atoms with E-state index >= 15 is 0 Å². The molecule has 0 unspecified atom stereocenters. The van der Waals surface area contributed by atoms with Crippen LogP contribution in [-0.4, -0.2) is 25.0 Å². The van der Waals surface area contributed by atoms with E-state index in [9.17, 15) is 9.59 Å². The van der Waals surface area contributed by atoms with Crippen molar-refractivity contribution in [1.82, 2.24) is 10.9 Å². The summed E-state index contributed by atoms with van der Waals surface area (Å²) in [5, 5.41) is 0. The van der Waals surface area contributed by atoms with E-state index in [1.165, 1.54) is 0 Å². The lowest BCUT2D eigenvalue weighted by atomic mass is 9.87. The van der Waals surface area contributed by atoms with E-state index < -0.39 is 11.8 Å². The number of rotatable bonds is 7. The summed E-state index contributed by atoms with van der Waals surface area (Å²) in [5.41, 5.74) is 6.80. The van der Waals surface area contributed by atoms with Crippen LogP contribution in [0.5, 0.6) is 11.5 Å². The predicted octanol–water partition coefficient (Wildman–Crippen LogP) is 5.24. The van der Waals surface area contributed by atoms with E-state index in [-0.39, 0.29) is 24.5 Å². The average Bonchev–Trinajstić information content (AvgIpc) is 2.69. The largest absolute Gasteiger partial charge is 0.483 e. The van der Waals surface area contributed by atoms with Gasteiger partial charge < -0.3 is 9.47 Å². The van der Waals surface area contributed by atoms with E-state index in [2.05, 4.69) is 63.5 Å². The first-order chi connectivity index (χ1) is 14.5. The van der Waals surface area contributed by atoms with E-state index in [1.54, 1.807) is 0 Å². The quantitative estimate of drug-likeness (QED) is 0.458. The molecule has 2 aromatic carbocycles. The van der Waals surface area contributed by atoms with Gasteiger partial charge in [0.25, 0.3) is 11.8 Å². The summed E-state index contributed by atoms with van der Waals surface area (Å²) in [4.78, 5) is 24.0. The molecule has 0 saturated heterocycles. The number of nitrogens with one attached hydrogen (secondary N) is 2. The Bertz CT molecular complexity index is 940. The molecule has 168 valence electrons. The fourth-order valence-electron chi connectivity index (χ4n) is 2.68. The fourth-order valence-corrected chi connectivity index (χ4v) is 3.56. The van der Waals surface area contributed by atoms with Gasteiger partial charge in [-0.3, -0.25) is 20.4 Å². The van der Waals surface area contributed by atoms with Crippen molar-refractivity contribution in [3.8, 4) is 11.5 Å². The van der Waals surface area contributed by atoms with Crippen LogP contribution in [0.15, 0.2) is 45.3 Å². The highest BCUT2D eigenvalue weighted by atomic mass is 79.9. The fraction of sp³-hybridized carbons (Fsp3) is 0.391. The highest BCUT2D eigenvalue weighted by molar-refractivity contribution is 9.10. The zero-order valence-corrected chi connectivity index (χ0v) is 21.5. The van der Waals surface area contributed by atoms with Crippen LogP contribution in [0, 0.1) is 0 Å². The molecule has 6 nitrogen and oxygen atoms in total. The van der Waals surface area contributed by atoms with Gasteiger partial charge in [0, 0.05) is 4.47 Å². The first-order valence-corrected chi connectivity index (χ1v) is 11.5. The molecule has 2 rings (SSSR count). The molecule has 0 radical (unpaired) electrons. The van der Waals surface area contributed by atoms with Crippen LogP contribution in [0.1, 0.15) is 51.7 Å².